The lowest BCUT2D eigenvalue weighted by molar-refractivity contribution is -0.169. The highest BCUT2D eigenvalue weighted by Gasteiger charge is 2.63. The number of anilines is 3. The summed E-state index contributed by atoms with van der Waals surface area (Å²) in [4.78, 5) is 14.7. The number of ether oxygens (including phenoxy) is 2. The molecule has 0 radical (unpaired) electrons. The van der Waals surface area contributed by atoms with Gasteiger partial charge in [-0.15, -0.1) is 10.2 Å². The van der Waals surface area contributed by atoms with E-state index in [0.717, 1.165) is 69.1 Å². The summed E-state index contributed by atoms with van der Waals surface area (Å²) in [5.41, 5.74) is 9.76. The number of aromatic nitrogens is 4. The summed E-state index contributed by atoms with van der Waals surface area (Å²) in [5.74, 6) is 3.00. The molecule has 4 atom stereocenters. The van der Waals surface area contributed by atoms with Crippen molar-refractivity contribution >= 4 is 17.2 Å². The van der Waals surface area contributed by atoms with Gasteiger partial charge in [-0.2, -0.15) is 0 Å². The van der Waals surface area contributed by atoms with Crippen LogP contribution in [0.1, 0.15) is 37.9 Å². The molecular weight excluding hydrogens is 506 g/mol. The lowest BCUT2D eigenvalue weighted by atomic mass is 9.54. The third-order valence-electron chi connectivity index (χ3n) is 10.2. The van der Waals surface area contributed by atoms with Crippen molar-refractivity contribution in [2.45, 2.75) is 43.3 Å². The van der Waals surface area contributed by atoms with Crippen LogP contribution < -0.4 is 15.5 Å². The molecule has 3 saturated heterocycles. The van der Waals surface area contributed by atoms with Crippen molar-refractivity contribution in [2.24, 2.45) is 17.8 Å². The Hall–Kier alpha value is -3.50. The molecular formula is C30H35N7O3. The van der Waals surface area contributed by atoms with E-state index < -0.39 is 0 Å². The van der Waals surface area contributed by atoms with Crippen LogP contribution in [0, 0.1) is 17.8 Å². The van der Waals surface area contributed by atoms with Gasteiger partial charge in [0.2, 0.25) is 0 Å². The number of nitrogens with two attached hydrogens (primary N) is 1. The van der Waals surface area contributed by atoms with Gasteiger partial charge >= 0.3 is 0 Å². The van der Waals surface area contributed by atoms with Crippen molar-refractivity contribution in [3.63, 3.8) is 0 Å². The van der Waals surface area contributed by atoms with Gasteiger partial charge in [0.1, 0.15) is 11.6 Å². The minimum absolute atomic E-state index is 0.0977. The summed E-state index contributed by atoms with van der Waals surface area (Å²) < 4.78 is 11.8. The molecule has 3 aliphatic heterocycles. The number of nitrogens with zero attached hydrogens (tertiary/aromatic N) is 6. The van der Waals surface area contributed by atoms with Gasteiger partial charge in [-0.3, -0.25) is 0 Å². The number of piperidine rings is 1. The summed E-state index contributed by atoms with van der Waals surface area (Å²) in [6.07, 6.45) is 9.24. The number of aromatic hydroxyl groups is 1. The number of hydrogen-bond acceptors (Lipinski definition) is 10. The molecule has 4 unspecified atom stereocenters. The van der Waals surface area contributed by atoms with Gasteiger partial charge in [0, 0.05) is 50.0 Å². The molecule has 10 heteroatoms. The van der Waals surface area contributed by atoms with Crippen molar-refractivity contribution in [2.75, 3.05) is 54.9 Å². The molecule has 1 spiro atoms. The van der Waals surface area contributed by atoms with E-state index in [4.69, 9.17) is 25.2 Å². The van der Waals surface area contributed by atoms with Crippen LogP contribution in [-0.4, -0.2) is 70.5 Å². The summed E-state index contributed by atoms with van der Waals surface area (Å²) in [6.45, 7) is 5.07. The summed E-state index contributed by atoms with van der Waals surface area (Å²) in [5, 5.41) is 18.9. The molecule has 40 heavy (non-hydrogen) atoms. The molecule has 5 fully saturated rings. The minimum Gasteiger partial charge on any atom is -0.507 e. The second kappa shape index (κ2) is 9.01. The molecule has 5 aliphatic rings. The highest BCUT2D eigenvalue weighted by atomic mass is 16.7. The van der Waals surface area contributed by atoms with Crippen LogP contribution >= 0.6 is 0 Å². The maximum absolute atomic E-state index is 10.3. The lowest BCUT2D eigenvalue weighted by Gasteiger charge is -2.52. The Kier molecular flexibility index (Phi) is 5.47. The zero-order chi connectivity index (χ0) is 26.9. The zero-order valence-electron chi connectivity index (χ0n) is 22.6. The van der Waals surface area contributed by atoms with Gasteiger partial charge in [-0.1, -0.05) is 12.1 Å². The van der Waals surface area contributed by atoms with Crippen LogP contribution in [-0.2, 0) is 14.9 Å². The molecule has 8 rings (SSSR count). The van der Waals surface area contributed by atoms with E-state index in [2.05, 4.69) is 20.0 Å². The van der Waals surface area contributed by atoms with Gasteiger partial charge in [0.25, 0.3) is 0 Å². The van der Waals surface area contributed by atoms with E-state index in [1.165, 1.54) is 6.42 Å². The number of para-hydroxylation sites is 1. The fourth-order valence-electron chi connectivity index (χ4n) is 8.31. The van der Waals surface area contributed by atoms with E-state index in [9.17, 15) is 5.11 Å². The molecule has 1 aromatic carbocycles. The fourth-order valence-corrected chi connectivity index (χ4v) is 8.31. The normalized spacial score (nSPS) is 30.4. The van der Waals surface area contributed by atoms with Crippen LogP contribution in [0.4, 0.5) is 17.2 Å². The Morgan fingerprint density at radius 3 is 2.50 bits per heavy atom. The average Bonchev–Trinajstić information content (AvgIpc) is 3.49. The molecule has 3 N–H and O–H groups in total. The maximum Gasteiger partial charge on any atom is 0.171 e. The summed E-state index contributed by atoms with van der Waals surface area (Å²) >= 11 is 0. The molecule has 3 aromatic rings. The third kappa shape index (κ3) is 3.76. The van der Waals surface area contributed by atoms with Crippen LogP contribution in [0.15, 0.2) is 42.7 Å². The Morgan fingerprint density at radius 1 is 0.950 bits per heavy atom. The quantitative estimate of drug-likeness (QED) is 0.508. The number of nitrogen functional groups attached to an aromatic ring is 1. The third-order valence-corrected chi connectivity index (χ3v) is 10.2. The number of phenolic OH excluding ortho intramolecular Hbond substituents is 1. The predicted molar refractivity (Wildman–Crippen MR) is 150 cm³/mol. The van der Waals surface area contributed by atoms with Gasteiger partial charge in [-0.05, 0) is 55.2 Å². The number of fused-ring (bicyclic) bond motifs is 1. The molecule has 2 aliphatic carbocycles. The molecule has 10 nitrogen and oxygen atoms in total. The Bertz CT molecular complexity index is 1420. The second-order valence-corrected chi connectivity index (χ2v) is 12.3. The van der Waals surface area contributed by atoms with Crippen molar-refractivity contribution in [3.8, 4) is 17.0 Å². The first-order valence-corrected chi connectivity index (χ1v) is 14.5. The van der Waals surface area contributed by atoms with Gasteiger partial charge in [0.15, 0.2) is 11.6 Å². The van der Waals surface area contributed by atoms with Crippen molar-refractivity contribution in [3.05, 3.63) is 48.5 Å². The van der Waals surface area contributed by atoms with Crippen LogP contribution in [0.3, 0.4) is 0 Å². The van der Waals surface area contributed by atoms with Gasteiger partial charge in [-0.25, -0.2) is 9.97 Å². The Labute approximate surface area is 233 Å². The van der Waals surface area contributed by atoms with Crippen molar-refractivity contribution in [1.29, 1.82) is 0 Å². The smallest absolute Gasteiger partial charge is 0.171 e. The van der Waals surface area contributed by atoms with Crippen LogP contribution in [0.25, 0.3) is 11.3 Å². The first kappa shape index (κ1) is 24.3. The fraction of sp³-hybridized carbons (Fsp3) is 0.533. The number of phenols is 1. The predicted octanol–water partition coefficient (Wildman–Crippen LogP) is 3.37. The Balaban J connectivity index is 0.981. The highest BCUT2D eigenvalue weighted by Crippen LogP contribution is 2.64. The average molecular weight is 542 g/mol. The summed E-state index contributed by atoms with van der Waals surface area (Å²) in [7, 11) is 0. The van der Waals surface area contributed by atoms with Crippen LogP contribution in [0.5, 0.6) is 5.75 Å². The van der Waals surface area contributed by atoms with E-state index in [1.54, 1.807) is 12.1 Å². The Morgan fingerprint density at radius 2 is 1.73 bits per heavy atom. The number of hydrogen-bond donors (Lipinski definition) is 2. The zero-order valence-corrected chi connectivity index (χ0v) is 22.6. The second-order valence-electron chi connectivity index (χ2n) is 12.3. The standard InChI is InChI=1S/C30H35N7O3/c31-27-25(12-24(34-35-27)22-3-1-2-4-26(22)38)37-17-19-11-23-20(18-37)14-29(23,13-19)28-32-15-21(16-33-28)36-7-5-30(6-8-36)39-9-10-40-30/h1-4,12,15-16,19-20,23,38H,5-11,13-14,17-18H2,(H2,31,35). The summed E-state index contributed by atoms with van der Waals surface area (Å²) in [6, 6.07) is 9.21. The molecule has 2 aromatic heterocycles. The number of rotatable bonds is 4. The van der Waals surface area contributed by atoms with E-state index in [1.807, 2.05) is 30.6 Å². The van der Waals surface area contributed by atoms with Crippen LogP contribution in [0.2, 0.25) is 0 Å². The minimum atomic E-state index is -0.368. The lowest BCUT2D eigenvalue weighted by Crippen LogP contribution is -2.54. The van der Waals surface area contributed by atoms with E-state index in [0.29, 0.717) is 48.0 Å². The molecule has 2 saturated carbocycles. The topological polar surface area (TPSA) is 123 Å². The molecule has 5 heterocycles. The SMILES string of the molecule is Nc1nnc(-c2ccccc2O)cc1N1CC2CC3C(C1)CC3(c1ncc(N3CCC4(CC3)OCCO4)cn1)C2. The first-order chi connectivity index (χ1) is 19.5. The largest absolute Gasteiger partial charge is 0.507 e. The monoisotopic (exact) mass is 541 g/mol. The number of benzene rings is 1. The first-order valence-electron chi connectivity index (χ1n) is 14.5. The van der Waals surface area contributed by atoms with E-state index >= 15 is 0 Å². The molecule has 2 bridgehead atoms. The van der Waals surface area contributed by atoms with Gasteiger partial charge < -0.3 is 30.1 Å². The molecule has 0 amide bonds. The van der Waals surface area contributed by atoms with Crippen molar-refractivity contribution in [1.82, 2.24) is 20.2 Å². The molecule has 208 valence electrons. The van der Waals surface area contributed by atoms with Gasteiger partial charge in [0.05, 0.1) is 42.7 Å². The maximum atomic E-state index is 10.3. The highest BCUT2D eigenvalue weighted by molar-refractivity contribution is 5.74. The van der Waals surface area contributed by atoms with E-state index in [-0.39, 0.29) is 17.0 Å². The van der Waals surface area contributed by atoms with Crippen molar-refractivity contribution < 1.29 is 14.6 Å².